The maximum atomic E-state index is 12.7. The number of hydrogen-bond acceptors (Lipinski definition) is 4. The second-order valence-electron chi connectivity index (χ2n) is 7.61. The highest BCUT2D eigenvalue weighted by atomic mass is 16.1. The molecule has 0 aliphatic carbocycles. The minimum Gasteiger partial charge on any atom is -0.355 e. The van der Waals surface area contributed by atoms with Crippen LogP contribution in [0.4, 0.5) is 5.82 Å². The first-order chi connectivity index (χ1) is 14.2. The summed E-state index contributed by atoms with van der Waals surface area (Å²) in [6, 6.07) is 16.9. The molecule has 0 saturated carbocycles. The molecule has 2 aromatic carbocycles. The van der Waals surface area contributed by atoms with E-state index < -0.39 is 0 Å². The van der Waals surface area contributed by atoms with Crippen molar-refractivity contribution < 1.29 is 4.79 Å². The molecule has 0 unspecified atom stereocenters. The lowest BCUT2D eigenvalue weighted by atomic mass is 9.95. The molecule has 4 rings (SSSR count). The molecule has 3 aromatic rings. The third-order valence-electron chi connectivity index (χ3n) is 5.48. The van der Waals surface area contributed by atoms with Crippen molar-refractivity contribution in [3.05, 3.63) is 78.2 Å². The summed E-state index contributed by atoms with van der Waals surface area (Å²) in [6.45, 7) is 4.32. The van der Waals surface area contributed by atoms with Gasteiger partial charge in [-0.2, -0.15) is 0 Å². The Morgan fingerprint density at radius 2 is 1.83 bits per heavy atom. The van der Waals surface area contributed by atoms with E-state index in [9.17, 15) is 4.79 Å². The van der Waals surface area contributed by atoms with Crippen molar-refractivity contribution in [1.82, 2.24) is 15.3 Å². The molecule has 5 nitrogen and oxygen atoms in total. The normalized spacial score (nSPS) is 14.6. The highest BCUT2D eigenvalue weighted by Crippen LogP contribution is 2.23. The number of aryl methyl sites for hydroxylation is 1. The summed E-state index contributed by atoms with van der Waals surface area (Å²) < 4.78 is 0. The van der Waals surface area contributed by atoms with E-state index in [4.69, 9.17) is 0 Å². The SMILES string of the molecule is Cc1cccc(-c2cccc(CNC(=O)C3CCN(c4cnccn4)CC3)c2)c1. The fraction of sp³-hybridized carbons (Fsp3) is 0.292. The van der Waals surface area contributed by atoms with Gasteiger partial charge in [-0.15, -0.1) is 0 Å². The molecule has 1 N–H and O–H groups in total. The number of nitrogens with zero attached hydrogens (tertiary/aromatic N) is 3. The van der Waals surface area contributed by atoms with Crippen LogP contribution in [0.5, 0.6) is 0 Å². The van der Waals surface area contributed by atoms with Crippen molar-refractivity contribution in [3.8, 4) is 11.1 Å². The molecule has 1 aromatic heterocycles. The molecule has 5 heteroatoms. The van der Waals surface area contributed by atoms with Gasteiger partial charge in [-0.05, 0) is 42.5 Å². The van der Waals surface area contributed by atoms with Crippen molar-refractivity contribution in [2.24, 2.45) is 5.92 Å². The van der Waals surface area contributed by atoms with Crippen molar-refractivity contribution >= 4 is 11.7 Å². The number of anilines is 1. The van der Waals surface area contributed by atoms with Crippen molar-refractivity contribution in [3.63, 3.8) is 0 Å². The standard InChI is InChI=1S/C24H26N4O/c1-18-4-2-6-21(14-18)22-7-3-5-19(15-22)16-27-24(29)20-8-12-28(13-9-20)23-17-25-10-11-26-23/h2-7,10-11,14-15,17,20H,8-9,12-13,16H2,1H3,(H,27,29). The first-order valence-electron chi connectivity index (χ1n) is 10.1. The van der Waals surface area contributed by atoms with Crippen molar-refractivity contribution in [1.29, 1.82) is 0 Å². The van der Waals surface area contributed by atoms with Gasteiger partial charge in [0, 0.05) is 37.9 Å². The zero-order valence-corrected chi connectivity index (χ0v) is 16.7. The number of hydrogen-bond donors (Lipinski definition) is 1. The van der Waals surface area contributed by atoms with Gasteiger partial charge in [0.1, 0.15) is 5.82 Å². The molecule has 0 bridgehead atoms. The summed E-state index contributed by atoms with van der Waals surface area (Å²) in [5, 5.41) is 3.13. The zero-order valence-electron chi connectivity index (χ0n) is 16.7. The van der Waals surface area contributed by atoms with Crippen LogP contribution in [0.2, 0.25) is 0 Å². The molecule has 0 spiro atoms. The average molecular weight is 386 g/mol. The first-order valence-corrected chi connectivity index (χ1v) is 10.1. The minimum absolute atomic E-state index is 0.0582. The molecular formula is C24H26N4O. The highest BCUT2D eigenvalue weighted by Gasteiger charge is 2.25. The summed E-state index contributed by atoms with van der Waals surface area (Å²) >= 11 is 0. The van der Waals surface area contributed by atoms with E-state index in [-0.39, 0.29) is 11.8 Å². The second-order valence-corrected chi connectivity index (χ2v) is 7.61. The van der Waals surface area contributed by atoms with E-state index in [1.807, 2.05) is 0 Å². The van der Waals surface area contributed by atoms with Crippen LogP contribution in [-0.2, 0) is 11.3 Å². The van der Waals surface area contributed by atoms with Gasteiger partial charge in [0.25, 0.3) is 0 Å². The number of carbonyl (C=O) groups is 1. The second kappa shape index (κ2) is 8.86. The van der Waals surface area contributed by atoms with Crippen LogP contribution in [0.3, 0.4) is 0 Å². The van der Waals surface area contributed by atoms with Gasteiger partial charge in [0.05, 0.1) is 6.20 Å². The smallest absolute Gasteiger partial charge is 0.223 e. The number of nitrogens with one attached hydrogen (secondary N) is 1. The van der Waals surface area contributed by atoms with Crippen LogP contribution in [0.15, 0.2) is 67.1 Å². The molecule has 1 aliphatic heterocycles. The summed E-state index contributed by atoms with van der Waals surface area (Å²) in [5.41, 5.74) is 4.75. The third-order valence-corrected chi connectivity index (χ3v) is 5.48. The highest BCUT2D eigenvalue weighted by molar-refractivity contribution is 5.79. The summed E-state index contributed by atoms with van der Waals surface area (Å²) in [4.78, 5) is 23.3. The number of rotatable bonds is 5. The van der Waals surface area contributed by atoms with E-state index in [2.05, 4.69) is 75.6 Å². The predicted octanol–water partition coefficient (Wildman–Crippen LogP) is 3.98. The zero-order chi connectivity index (χ0) is 20.1. The molecule has 29 heavy (non-hydrogen) atoms. The number of benzene rings is 2. The molecule has 148 valence electrons. The largest absolute Gasteiger partial charge is 0.355 e. The van der Waals surface area contributed by atoms with Gasteiger partial charge < -0.3 is 10.2 Å². The van der Waals surface area contributed by atoms with Crippen molar-refractivity contribution in [2.75, 3.05) is 18.0 Å². The molecule has 0 atom stereocenters. The van der Waals surface area contributed by atoms with E-state index in [1.165, 1.54) is 16.7 Å². The topological polar surface area (TPSA) is 58.1 Å². The van der Waals surface area contributed by atoms with Gasteiger partial charge >= 0.3 is 0 Å². The van der Waals surface area contributed by atoms with E-state index in [0.29, 0.717) is 6.54 Å². The van der Waals surface area contributed by atoms with E-state index in [1.54, 1.807) is 18.6 Å². The van der Waals surface area contributed by atoms with Crippen LogP contribution >= 0.6 is 0 Å². The number of amides is 1. The maximum Gasteiger partial charge on any atom is 0.223 e. The summed E-state index contributed by atoms with van der Waals surface area (Å²) in [7, 11) is 0. The molecule has 0 radical (unpaired) electrons. The monoisotopic (exact) mass is 386 g/mol. The fourth-order valence-electron chi connectivity index (χ4n) is 3.84. The minimum atomic E-state index is 0.0582. The Kier molecular flexibility index (Phi) is 5.84. The lowest BCUT2D eigenvalue weighted by Crippen LogP contribution is -2.40. The molecule has 1 amide bonds. The van der Waals surface area contributed by atoms with Crippen LogP contribution in [0.25, 0.3) is 11.1 Å². The summed E-state index contributed by atoms with van der Waals surface area (Å²) in [5.74, 6) is 1.09. The first kappa shape index (κ1) is 19.1. The Bertz CT molecular complexity index is 965. The average Bonchev–Trinajstić information content (AvgIpc) is 2.78. The third kappa shape index (κ3) is 4.80. The van der Waals surface area contributed by atoms with Crippen LogP contribution in [-0.4, -0.2) is 29.0 Å². The van der Waals surface area contributed by atoms with Gasteiger partial charge in [-0.3, -0.25) is 9.78 Å². The lowest BCUT2D eigenvalue weighted by molar-refractivity contribution is -0.125. The van der Waals surface area contributed by atoms with Crippen molar-refractivity contribution in [2.45, 2.75) is 26.3 Å². The summed E-state index contributed by atoms with van der Waals surface area (Å²) in [6.07, 6.45) is 6.84. The Hall–Kier alpha value is -3.21. The quantitative estimate of drug-likeness (QED) is 0.720. The number of aromatic nitrogens is 2. The molecule has 1 fully saturated rings. The predicted molar refractivity (Wildman–Crippen MR) is 115 cm³/mol. The molecule has 2 heterocycles. The Balaban J connectivity index is 1.32. The van der Waals surface area contributed by atoms with Gasteiger partial charge in [0.2, 0.25) is 5.91 Å². The number of carbonyl (C=O) groups excluding carboxylic acids is 1. The van der Waals surface area contributed by atoms with Crippen LogP contribution in [0, 0.1) is 12.8 Å². The Labute approximate surface area is 171 Å². The van der Waals surface area contributed by atoms with Crippen LogP contribution in [0.1, 0.15) is 24.0 Å². The van der Waals surface area contributed by atoms with Gasteiger partial charge in [0.15, 0.2) is 0 Å². The van der Waals surface area contributed by atoms with Gasteiger partial charge in [-0.1, -0.05) is 48.0 Å². The van der Waals surface area contributed by atoms with E-state index in [0.717, 1.165) is 37.3 Å². The van der Waals surface area contributed by atoms with Crippen LogP contribution < -0.4 is 10.2 Å². The number of piperidine rings is 1. The fourth-order valence-corrected chi connectivity index (χ4v) is 3.84. The Morgan fingerprint density at radius 1 is 1.07 bits per heavy atom. The Morgan fingerprint density at radius 3 is 2.55 bits per heavy atom. The van der Waals surface area contributed by atoms with Gasteiger partial charge in [-0.25, -0.2) is 4.98 Å². The lowest BCUT2D eigenvalue weighted by Gasteiger charge is -2.31. The molecular weight excluding hydrogens is 360 g/mol. The maximum absolute atomic E-state index is 12.7. The molecule has 1 saturated heterocycles. The molecule has 1 aliphatic rings. The van der Waals surface area contributed by atoms with E-state index >= 15 is 0 Å².